The van der Waals surface area contributed by atoms with Crippen molar-refractivity contribution in [2.75, 3.05) is 45.5 Å². The van der Waals surface area contributed by atoms with Crippen LogP contribution in [0.4, 0.5) is 0 Å². The molecule has 0 aliphatic carbocycles. The second-order valence-electron chi connectivity index (χ2n) is 6.17. The van der Waals surface area contributed by atoms with Crippen molar-refractivity contribution in [3.05, 3.63) is 30.1 Å². The van der Waals surface area contributed by atoms with E-state index in [0.29, 0.717) is 12.1 Å². The molecule has 2 aromatic rings. The minimum Gasteiger partial charge on any atom is -0.351 e. The van der Waals surface area contributed by atoms with E-state index in [9.17, 15) is 13.2 Å². The highest BCUT2D eigenvalue weighted by Gasteiger charge is 2.22. The van der Waals surface area contributed by atoms with E-state index < -0.39 is 9.84 Å². The number of fused-ring (bicyclic) bond motifs is 1. The molecule has 0 atom stereocenters. The summed E-state index contributed by atoms with van der Waals surface area (Å²) in [5.41, 5.74) is 0.630. The van der Waals surface area contributed by atoms with Crippen LogP contribution in [0.15, 0.2) is 29.6 Å². The second-order valence-corrected chi connectivity index (χ2v) is 8.08. The summed E-state index contributed by atoms with van der Waals surface area (Å²) in [6, 6.07) is 5.15. The Kier molecular flexibility index (Phi) is 6.99. The van der Waals surface area contributed by atoms with Gasteiger partial charge in [0.15, 0.2) is 5.69 Å². The van der Waals surface area contributed by atoms with Crippen LogP contribution in [0.2, 0.25) is 0 Å². The van der Waals surface area contributed by atoms with Gasteiger partial charge in [-0.2, -0.15) is 0 Å². The third kappa shape index (κ3) is 4.73. The van der Waals surface area contributed by atoms with Crippen molar-refractivity contribution < 1.29 is 13.2 Å². The molecule has 8 nitrogen and oxygen atoms in total. The molecule has 0 saturated carbocycles. The van der Waals surface area contributed by atoms with Crippen LogP contribution in [0.5, 0.6) is 0 Å². The fourth-order valence-electron chi connectivity index (χ4n) is 2.96. The number of aromatic nitrogens is 2. The number of sulfone groups is 1. The number of imidazole rings is 1. The van der Waals surface area contributed by atoms with Crippen LogP contribution in [0, 0.1) is 0 Å². The van der Waals surface area contributed by atoms with Crippen molar-refractivity contribution in [1.29, 1.82) is 0 Å². The molecule has 10 heteroatoms. The third-order valence-corrected chi connectivity index (χ3v) is 5.16. The summed E-state index contributed by atoms with van der Waals surface area (Å²) in [4.78, 5) is 18.9. The lowest BCUT2D eigenvalue weighted by molar-refractivity contribution is 0.0948. The SMILES string of the molecule is CS(=O)(=O)c1nc(C(=O)NCCCN2CCNCC2)c2ccccn12.Cl. The van der Waals surface area contributed by atoms with Gasteiger partial charge in [-0.05, 0) is 25.1 Å². The summed E-state index contributed by atoms with van der Waals surface area (Å²) < 4.78 is 25.2. The van der Waals surface area contributed by atoms with E-state index in [1.165, 1.54) is 4.40 Å². The molecule has 2 aromatic heterocycles. The highest BCUT2D eigenvalue weighted by atomic mass is 35.5. The maximum atomic E-state index is 12.4. The molecule has 144 valence electrons. The van der Waals surface area contributed by atoms with Crippen LogP contribution in [0.25, 0.3) is 5.52 Å². The molecule has 3 heterocycles. The van der Waals surface area contributed by atoms with Crippen molar-refractivity contribution in [1.82, 2.24) is 24.9 Å². The number of amides is 1. The van der Waals surface area contributed by atoms with E-state index in [-0.39, 0.29) is 29.2 Å². The predicted octanol–water partition coefficient (Wildman–Crippen LogP) is 0.185. The number of nitrogens with zero attached hydrogens (tertiary/aromatic N) is 3. The van der Waals surface area contributed by atoms with Crippen LogP contribution < -0.4 is 10.6 Å². The first-order valence-corrected chi connectivity index (χ1v) is 10.2. The molecule has 26 heavy (non-hydrogen) atoms. The summed E-state index contributed by atoms with van der Waals surface area (Å²) in [5.74, 6) is -0.348. The van der Waals surface area contributed by atoms with Crippen molar-refractivity contribution in [2.24, 2.45) is 0 Å². The quantitative estimate of drug-likeness (QED) is 0.670. The standard InChI is InChI=1S/C16H23N5O3S.ClH/c1-25(23,24)16-19-14(13-5-2-3-10-21(13)16)15(22)18-6-4-9-20-11-7-17-8-12-20;/h2-3,5,10,17H,4,6-9,11-12H2,1H3,(H,18,22);1H. The number of carbonyl (C=O) groups is 1. The Morgan fingerprint density at radius 2 is 2.04 bits per heavy atom. The summed E-state index contributed by atoms with van der Waals surface area (Å²) in [6.45, 7) is 5.51. The Morgan fingerprint density at radius 1 is 1.31 bits per heavy atom. The first kappa shape index (κ1) is 20.6. The Balaban J connectivity index is 0.00000243. The number of hydrogen-bond donors (Lipinski definition) is 2. The fraction of sp³-hybridized carbons (Fsp3) is 0.500. The average Bonchev–Trinajstić information content (AvgIpc) is 2.99. The topological polar surface area (TPSA) is 95.8 Å². The molecule has 0 unspecified atom stereocenters. The maximum Gasteiger partial charge on any atom is 0.272 e. The molecule has 0 aromatic carbocycles. The molecule has 1 amide bonds. The number of rotatable bonds is 6. The van der Waals surface area contributed by atoms with Crippen LogP contribution in [-0.4, -0.2) is 74.1 Å². The lowest BCUT2D eigenvalue weighted by atomic mass is 10.3. The third-order valence-electron chi connectivity index (χ3n) is 4.21. The number of hydrogen-bond acceptors (Lipinski definition) is 6. The van der Waals surface area contributed by atoms with Gasteiger partial charge in [-0.3, -0.25) is 9.20 Å². The van der Waals surface area contributed by atoms with Crippen LogP contribution >= 0.6 is 12.4 Å². The van der Waals surface area contributed by atoms with E-state index >= 15 is 0 Å². The van der Waals surface area contributed by atoms with Crippen molar-refractivity contribution in [3.8, 4) is 0 Å². The molecule has 0 spiro atoms. The van der Waals surface area contributed by atoms with Gasteiger partial charge >= 0.3 is 0 Å². The first-order valence-electron chi connectivity index (χ1n) is 8.35. The molecule has 1 saturated heterocycles. The van der Waals surface area contributed by atoms with Gasteiger partial charge in [0.25, 0.3) is 5.91 Å². The Hall–Kier alpha value is -1.68. The van der Waals surface area contributed by atoms with E-state index in [1.54, 1.807) is 24.4 Å². The molecule has 1 fully saturated rings. The first-order chi connectivity index (χ1) is 12.0. The zero-order chi connectivity index (χ0) is 17.9. The average molecular weight is 402 g/mol. The Morgan fingerprint density at radius 3 is 2.73 bits per heavy atom. The second kappa shape index (κ2) is 8.81. The number of piperazine rings is 1. The minimum absolute atomic E-state index is 0. The number of carbonyl (C=O) groups excluding carboxylic acids is 1. The predicted molar refractivity (Wildman–Crippen MR) is 102 cm³/mol. The fourth-order valence-corrected chi connectivity index (χ4v) is 3.74. The van der Waals surface area contributed by atoms with Gasteiger partial charge in [-0.1, -0.05) is 6.07 Å². The highest BCUT2D eigenvalue weighted by molar-refractivity contribution is 7.90. The van der Waals surface area contributed by atoms with Crippen molar-refractivity contribution >= 4 is 33.7 Å². The van der Waals surface area contributed by atoms with Gasteiger partial charge in [-0.15, -0.1) is 12.4 Å². The number of nitrogens with one attached hydrogen (secondary N) is 2. The van der Waals surface area contributed by atoms with E-state index in [0.717, 1.165) is 45.4 Å². The zero-order valence-corrected chi connectivity index (χ0v) is 16.3. The lowest BCUT2D eigenvalue weighted by Crippen LogP contribution is -2.44. The molecule has 1 aliphatic heterocycles. The van der Waals surface area contributed by atoms with Gasteiger partial charge in [-0.25, -0.2) is 13.4 Å². The molecule has 0 radical (unpaired) electrons. The molecular formula is C16H24ClN5O3S. The van der Waals surface area contributed by atoms with Crippen molar-refractivity contribution in [2.45, 2.75) is 11.6 Å². The molecule has 1 aliphatic rings. The minimum atomic E-state index is -3.52. The Labute approximate surface area is 159 Å². The smallest absolute Gasteiger partial charge is 0.272 e. The summed E-state index contributed by atoms with van der Waals surface area (Å²) in [6.07, 6.45) is 3.53. The molecule has 3 rings (SSSR count). The van der Waals surface area contributed by atoms with Crippen LogP contribution in [0.3, 0.4) is 0 Å². The number of pyridine rings is 1. The molecular weight excluding hydrogens is 378 g/mol. The van der Waals surface area contributed by atoms with Gasteiger partial charge in [0.2, 0.25) is 15.0 Å². The maximum absolute atomic E-state index is 12.4. The van der Waals surface area contributed by atoms with Crippen LogP contribution in [-0.2, 0) is 9.84 Å². The van der Waals surface area contributed by atoms with Crippen molar-refractivity contribution in [3.63, 3.8) is 0 Å². The number of halogens is 1. The van der Waals surface area contributed by atoms with Gasteiger partial charge in [0.1, 0.15) is 0 Å². The van der Waals surface area contributed by atoms with Gasteiger partial charge in [0.05, 0.1) is 5.52 Å². The summed E-state index contributed by atoms with van der Waals surface area (Å²) in [7, 11) is -3.52. The largest absolute Gasteiger partial charge is 0.351 e. The lowest BCUT2D eigenvalue weighted by Gasteiger charge is -2.26. The van der Waals surface area contributed by atoms with Gasteiger partial charge in [0, 0.05) is 45.2 Å². The summed E-state index contributed by atoms with van der Waals surface area (Å²) >= 11 is 0. The zero-order valence-electron chi connectivity index (χ0n) is 14.6. The Bertz CT molecular complexity index is 862. The monoisotopic (exact) mass is 401 g/mol. The highest BCUT2D eigenvalue weighted by Crippen LogP contribution is 2.16. The molecule has 0 bridgehead atoms. The van der Waals surface area contributed by atoms with Crippen LogP contribution in [0.1, 0.15) is 16.9 Å². The van der Waals surface area contributed by atoms with E-state index in [1.807, 2.05) is 0 Å². The van der Waals surface area contributed by atoms with E-state index in [2.05, 4.69) is 20.5 Å². The van der Waals surface area contributed by atoms with E-state index in [4.69, 9.17) is 0 Å². The summed E-state index contributed by atoms with van der Waals surface area (Å²) in [5, 5.41) is 6.03. The van der Waals surface area contributed by atoms with Gasteiger partial charge < -0.3 is 15.5 Å². The normalized spacial score (nSPS) is 15.6. The molecule has 2 N–H and O–H groups in total.